The molecule has 106 valence electrons. The molecule has 1 aliphatic heterocycles. The Kier molecular flexibility index (Phi) is 4.15. The molecule has 1 saturated heterocycles. The van der Waals surface area contributed by atoms with Gasteiger partial charge < -0.3 is 10.0 Å². The number of carbonyl (C=O) groups is 2. The zero-order chi connectivity index (χ0) is 14.9. The number of rotatable bonds is 3. The molecule has 0 spiro atoms. The molecule has 9 heteroatoms. The van der Waals surface area contributed by atoms with Gasteiger partial charge in [0.2, 0.25) is 0 Å². The van der Waals surface area contributed by atoms with Crippen molar-refractivity contribution in [2.24, 2.45) is 0 Å². The van der Waals surface area contributed by atoms with Crippen LogP contribution in [0.2, 0.25) is 5.02 Å². The van der Waals surface area contributed by atoms with Crippen LogP contribution in [0.25, 0.3) is 0 Å². The number of hydrogen-bond donors (Lipinski definition) is 1. The molecule has 1 N–H and O–H groups in total. The van der Waals surface area contributed by atoms with Gasteiger partial charge in [0.15, 0.2) is 0 Å². The fourth-order valence-electron chi connectivity index (χ4n) is 1.80. The van der Waals surface area contributed by atoms with Gasteiger partial charge in [-0.2, -0.15) is 0 Å². The van der Waals surface area contributed by atoms with Crippen molar-refractivity contribution >= 4 is 40.9 Å². The second-order valence-electron chi connectivity index (χ2n) is 4.05. The molecular formula is C11H9ClN2O5S. The Balaban J connectivity index is 2.27. The number of benzene rings is 1. The van der Waals surface area contributed by atoms with E-state index >= 15 is 0 Å². The lowest BCUT2D eigenvalue weighted by Gasteiger charge is -2.20. The number of carboxylic acids is 1. The van der Waals surface area contributed by atoms with E-state index < -0.39 is 22.8 Å². The van der Waals surface area contributed by atoms with Crippen LogP contribution in [-0.4, -0.2) is 44.5 Å². The summed E-state index contributed by atoms with van der Waals surface area (Å²) in [5, 5.41) is 19.5. The lowest BCUT2D eigenvalue weighted by molar-refractivity contribution is -0.384. The van der Waals surface area contributed by atoms with E-state index in [0.717, 1.165) is 6.07 Å². The molecule has 0 radical (unpaired) electrons. The fraction of sp³-hybridized carbons (Fsp3) is 0.273. The van der Waals surface area contributed by atoms with Crippen LogP contribution >= 0.6 is 23.4 Å². The Bertz CT molecular complexity index is 594. The summed E-state index contributed by atoms with van der Waals surface area (Å²) in [5.41, 5.74) is -0.164. The molecule has 0 aromatic heterocycles. The maximum atomic E-state index is 12.2. The van der Waals surface area contributed by atoms with Crippen LogP contribution in [0.3, 0.4) is 0 Å². The molecule has 0 unspecified atom stereocenters. The minimum atomic E-state index is -1.07. The number of nitro groups is 1. The van der Waals surface area contributed by atoms with Crippen LogP contribution in [0.1, 0.15) is 10.4 Å². The highest BCUT2D eigenvalue weighted by atomic mass is 35.5. The number of halogens is 1. The first-order valence-corrected chi connectivity index (χ1v) is 7.00. The summed E-state index contributed by atoms with van der Waals surface area (Å²) in [6.45, 7) is 0. The summed E-state index contributed by atoms with van der Waals surface area (Å²) in [4.78, 5) is 34.5. The van der Waals surface area contributed by atoms with E-state index in [4.69, 9.17) is 16.7 Å². The van der Waals surface area contributed by atoms with Crippen molar-refractivity contribution in [3.63, 3.8) is 0 Å². The third-order valence-corrected chi connectivity index (χ3v) is 4.13. The van der Waals surface area contributed by atoms with Gasteiger partial charge in [0, 0.05) is 17.4 Å². The van der Waals surface area contributed by atoms with Crippen LogP contribution < -0.4 is 0 Å². The molecule has 1 fully saturated rings. The topological polar surface area (TPSA) is 101 Å². The highest BCUT2D eigenvalue weighted by Gasteiger charge is 2.35. The van der Waals surface area contributed by atoms with Crippen LogP contribution in [-0.2, 0) is 4.79 Å². The molecule has 1 aromatic rings. The van der Waals surface area contributed by atoms with E-state index in [1.165, 1.54) is 28.8 Å². The molecule has 0 aliphatic carbocycles. The van der Waals surface area contributed by atoms with E-state index in [-0.39, 0.29) is 22.2 Å². The number of carbonyl (C=O) groups excluding carboxylic acids is 1. The van der Waals surface area contributed by atoms with Crippen molar-refractivity contribution in [2.45, 2.75) is 6.04 Å². The zero-order valence-corrected chi connectivity index (χ0v) is 11.6. The molecular weight excluding hydrogens is 308 g/mol. The highest BCUT2D eigenvalue weighted by Crippen LogP contribution is 2.28. The molecule has 20 heavy (non-hydrogen) atoms. The monoisotopic (exact) mass is 316 g/mol. The predicted molar refractivity (Wildman–Crippen MR) is 73.0 cm³/mol. The van der Waals surface area contributed by atoms with Gasteiger partial charge in [0.1, 0.15) is 11.1 Å². The molecule has 0 bridgehead atoms. The highest BCUT2D eigenvalue weighted by molar-refractivity contribution is 7.99. The van der Waals surface area contributed by atoms with E-state index in [1.807, 2.05) is 0 Å². The number of carboxylic acid groups (broad SMARTS) is 1. The van der Waals surface area contributed by atoms with Gasteiger partial charge in [-0.3, -0.25) is 14.9 Å². The molecule has 1 amide bonds. The molecule has 7 nitrogen and oxygen atoms in total. The maximum Gasteiger partial charge on any atom is 0.327 e. The van der Waals surface area contributed by atoms with Crippen LogP contribution in [0.15, 0.2) is 18.2 Å². The quantitative estimate of drug-likeness (QED) is 0.674. The maximum absolute atomic E-state index is 12.2. The van der Waals surface area contributed by atoms with Gasteiger partial charge in [0.25, 0.3) is 11.6 Å². The molecule has 1 aliphatic rings. The van der Waals surface area contributed by atoms with Gasteiger partial charge in [0.05, 0.1) is 10.8 Å². The molecule has 1 atom stereocenters. The van der Waals surface area contributed by atoms with Crippen molar-refractivity contribution in [1.82, 2.24) is 4.90 Å². The Morgan fingerprint density at radius 2 is 2.20 bits per heavy atom. The van der Waals surface area contributed by atoms with Gasteiger partial charge in [-0.05, 0) is 12.1 Å². The lowest BCUT2D eigenvalue weighted by Crippen LogP contribution is -2.41. The molecule has 1 heterocycles. The minimum absolute atomic E-state index is 0.134. The van der Waals surface area contributed by atoms with Gasteiger partial charge >= 0.3 is 5.97 Å². The average Bonchev–Trinajstić information content (AvgIpc) is 2.86. The Labute approximate surface area is 122 Å². The second-order valence-corrected chi connectivity index (χ2v) is 5.46. The normalized spacial score (nSPS) is 18.1. The fourth-order valence-corrected chi connectivity index (χ4v) is 3.20. The Morgan fingerprint density at radius 3 is 2.75 bits per heavy atom. The molecule has 2 rings (SSSR count). The SMILES string of the molecule is O=C(O)[C@@H]1CSCN1C(=O)c1ccc([N+](=O)[O-])c(Cl)c1. The summed E-state index contributed by atoms with van der Waals surface area (Å²) < 4.78 is 0. The smallest absolute Gasteiger partial charge is 0.327 e. The summed E-state index contributed by atoms with van der Waals surface area (Å²) in [6.07, 6.45) is 0. The van der Waals surface area contributed by atoms with Crippen LogP contribution in [0.4, 0.5) is 5.69 Å². The number of nitrogens with zero attached hydrogens (tertiary/aromatic N) is 2. The number of nitro benzene ring substituents is 1. The number of amides is 1. The first kappa shape index (κ1) is 14.6. The largest absolute Gasteiger partial charge is 0.480 e. The van der Waals surface area contributed by atoms with E-state index in [2.05, 4.69) is 0 Å². The summed E-state index contributed by atoms with van der Waals surface area (Å²) in [7, 11) is 0. The Morgan fingerprint density at radius 1 is 1.50 bits per heavy atom. The standard InChI is InChI=1S/C11H9ClN2O5S/c12-7-3-6(1-2-8(7)14(18)19)10(15)13-5-20-4-9(13)11(16)17/h1-3,9H,4-5H2,(H,16,17)/t9-/m0/s1. The predicted octanol–water partition coefficient (Wildman–Crippen LogP) is 1.85. The summed E-state index contributed by atoms with van der Waals surface area (Å²) in [5.74, 6) is -0.984. The van der Waals surface area contributed by atoms with E-state index in [9.17, 15) is 19.7 Å². The number of aliphatic carboxylic acids is 1. The van der Waals surface area contributed by atoms with Crippen LogP contribution in [0, 0.1) is 10.1 Å². The summed E-state index contributed by atoms with van der Waals surface area (Å²) >= 11 is 7.08. The van der Waals surface area contributed by atoms with E-state index in [0.29, 0.717) is 5.75 Å². The van der Waals surface area contributed by atoms with Gasteiger partial charge in [-0.1, -0.05) is 11.6 Å². The first-order valence-electron chi connectivity index (χ1n) is 5.47. The third kappa shape index (κ3) is 2.70. The second kappa shape index (κ2) is 5.68. The van der Waals surface area contributed by atoms with E-state index in [1.54, 1.807) is 0 Å². The van der Waals surface area contributed by atoms with Crippen molar-refractivity contribution in [3.05, 3.63) is 38.9 Å². The van der Waals surface area contributed by atoms with Crippen molar-refractivity contribution < 1.29 is 19.6 Å². The third-order valence-electron chi connectivity index (χ3n) is 2.82. The van der Waals surface area contributed by atoms with Crippen molar-refractivity contribution in [2.75, 3.05) is 11.6 Å². The van der Waals surface area contributed by atoms with Gasteiger partial charge in [-0.15, -0.1) is 11.8 Å². The molecule has 1 aromatic carbocycles. The Hall–Kier alpha value is -1.80. The zero-order valence-electron chi connectivity index (χ0n) is 9.98. The first-order chi connectivity index (χ1) is 9.41. The lowest BCUT2D eigenvalue weighted by atomic mass is 10.1. The van der Waals surface area contributed by atoms with Crippen molar-refractivity contribution in [1.29, 1.82) is 0 Å². The molecule has 0 saturated carbocycles. The van der Waals surface area contributed by atoms with Crippen LogP contribution in [0.5, 0.6) is 0 Å². The van der Waals surface area contributed by atoms with Crippen molar-refractivity contribution in [3.8, 4) is 0 Å². The minimum Gasteiger partial charge on any atom is -0.480 e. The number of thioether (sulfide) groups is 1. The summed E-state index contributed by atoms with van der Waals surface area (Å²) in [6, 6.07) is 2.70. The van der Waals surface area contributed by atoms with Gasteiger partial charge in [-0.25, -0.2) is 4.79 Å². The number of hydrogen-bond acceptors (Lipinski definition) is 5. The average molecular weight is 317 g/mol.